The Morgan fingerprint density at radius 2 is 1.88 bits per heavy atom. The molecular formula is C10H19NO5S. The third-order valence-electron chi connectivity index (χ3n) is 2.30. The smallest absolute Gasteiger partial charge is 0.410 e. The van der Waals surface area contributed by atoms with E-state index in [1.165, 1.54) is 4.90 Å². The lowest BCUT2D eigenvalue weighted by atomic mass is 10.0. The first kappa shape index (κ1) is 14.2. The molecule has 6 nitrogen and oxygen atoms in total. The van der Waals surface area contributed by atoms with Crippen LogP contribution in [-0.4, -0.2) is 51.0 Å². The van der Waals surface area contributed by atoms with Crippen molar-refractivity contribution in [1.82, 2.24) is 4.90 Å². The number of amides is 1. The van der Waals surface area contributed by atoms with Gasteiger partial charge in [0.05, 0.1) is 12.9 Å². The van der Waals surface area contributed by atoms with Crippen LogP contribution >= 0.6 is 0 Å². The number of hydrogen-bond acceptors (Lipinski definition) is 5. The lowest BCUT2D eigenvalue weighted by molar-refractivity contribution is 0.00169. The van der Waals surface area contributed by atoms with Crippen molar-refractivity contribution >= 4 is 16.2 Å². The first-order valence-electron chi connectivity index (χ1n) is 5.39. The summed E-state index contributed by atoms with van der Waals surface area (Å²) in [4.78, 5) is 13.0. The number of hydrogen-bond donors (Lipinski definition) is 0. The van der Waals surface area contributed by atoms with Gasteiger partial charge in [-0.1, -0.05) is 0 Å². The number of nitrogens with zero attached hydrogens (tertiary/aromatic N) is 1. The maximum absolute atomic E-state index is 11.5. The average Bonchev–Trinajstić information content (AvgIpc) is 2.07. The van der Waals surface area contributed by atoms with E-state index in [-0.39, 0.29) is 11.7 Å². The van der Waals surface area contributed by atoms with E-state index in [0.717, 1.165) is 7.11 Å². The molecule has 0 saturated carbocycles. The largest absolute Gasteiger partial charge is 0.444 e. The lowest BCUT2D eigenvalue weighted by Crippen LogP contribution is -2.53. The van der Waals surface area contributed by atoms with Gasteiger partial charge >= 0.3 is 6.09 Å². The zero-order valence-corrected chi connectivity index (χ0v) is 11.4. The fourth-order valence-corrected chi connectivity index (χ4v) is 2.43. The van der Waals surface area contributed by atoms with E-state index in [1.54, 1.807) is 20.8 Å². The van der Waals surface area contributed by atoms with Crippen molar-refractivity contribution in [3.63, 3.8) is 0 Å². The first-order chi connectivity index (χ1) is 7.63. The second-order valence-electron chi connectivity index (χ2n) is 5.14. The number of rotatable bonds is 3. The highest BCUT2D eigenvalue weighted by molar-refractivity contribution is 7.86. The predicted molar refractivity (Wildman–Crippen MR) is 62.1 cm³/mol. The molecule has 0 aromatic carbocycles. The molecular weight excluding hydrogens is 246 g/mol. The summed E-state index contributed by atoms with van der Waals surface area (Å²) < 4.78 is 31.8. The Morgan fingerprint density at radius 3 is 2.29 bits per heavy atom. The van der Waals surface area contributed by atoms with E-state index >= 15 is 0 Å². The fourth-order valence-electron chi connectivity index (χ4n) is 1.51. The number of ether oxygens (including phenoxy) is 1. The third kappa shape index (κ3) is 4.51. The van der Waals surface area contributed by atoms with Crippen molar-refractivity contribution < 1.29 is 22.1 Å². The highest BCUT2D eigenvalue weighted by atomic mass is 32.2. The van der Waals surface area contributed by atoms with Crippen LogP contribution in [0.3, 0.4) is 0 Å². The van der Waals surface area contributed by atoms with Gasteiger partial charge in [0.2, 0.25) is 0 Å². The van der Waals surface area contributed by atoms with Crippen LogP contribution in [0.1, 0.15) is 20.8 Å². The van der Waals surface area contributed by atoms with Crippen LogP contribution in [0.5, 0.6) is 0 Å². The molecule has 1 fully saturated rings. The van der Waals surface area contributed by atoms with Gasteiger partial charge < -0.3 is 9.64 Å². The van der Waals surface area contributed by atoms with E-state index in [4.69, 9.17) is 4.74 Å². The third-order valence-corrected chi connectivity index (χ3v) is 3.69. The lowest BCUT2D eigenvalue weighted by Gasteiger charge is -2.39. The van der Waals surface area contributed by atoms with E-state index < -0.39 is 21.8 Å². The van der Waals surface area contributed by atoms with Crippen LogP contribution in [0.4, 0.5) is 4.79 Å². The Balaban J connectivity index is 2.35. The topological polar surface area (TPSA) is 72.9 Å². The fraction of sp³-hybridized carbons (Fsp3) is 0.900. The van der Waals surface area contributed by atoms with E-state index in [0.29, 0.717) is 13.1 Å². The second-order valence-corrected chi connectivity index (χ2v) is 6.92. The molecule has 1 amide bonds. The van der Waals surface area contributed by atoms with Crippen LogP contribution in [0.25, 0.3) is 0 Å². The molecule has 1 aliphatic rings. The summed E-state index contributed by atoms with van der Waals surface area (Å²) in [6.45, 7) is 6.17. The van der Waals surface area contributed by atoms with Gasteiger partial charge in [0.1, 0.15) is 5.60 Å². The number of carbonyl (C=O) groups is 1. The predicted octanol–water partition coefficient (Wildman–Crippen LogP) is 0.829. The molecule has 1 aliphatic heterocycles. The van der Waals surface area contributed by atoms with Gasteiger partial charge in [0.15, 0.2) is 0 Å². The zero-order chi connectivity index (χ0) is 13.3. The van der Waals surface area contributed by atoms with Crippen molar-refractivity contribution in [2.24, 2.45) is 5.92 Å². The molecule has 0 radical (unpaired) electrons. The van der Waals surface area contributed by atoms with Gasteiger partial charge in [0.25, 0.3) is 10.1 Å². The molecule has 100 valence electrons. The van der Waals surface area contributed by atoms with E-state index in [9.17, 15) is 13.2 Å². The minimum atomic E-state index is -3.44. The van der Waals surface area contributed by atoms with Crippen molar-refractivity contribution in [2.75, 3.05) is 26.0 Å². The minimum absolute atomic E-state index is 0.0528. The molecule has 0 spiro atoms. The minimum Gasteiger partial charge on any atom is -0.444 e. The Bertz CT molecular complexity index is 378. The normalized spacial score (nSPS) is 17.8. The maximum Gasteiger partial charge on any atom is 0.410 e. The number of likely N-dealkylation sites (tertiary alicyclic amines) is 1. The molecule has 1 saturated heterocycles. The Hall–Kier alpha value is -0.820. The number of carbonyl (C=O) groups excluding carboxylic acids is 1. The highest BCUT2D eigenvalue weighted by Gasteiger charge is 2.36. The van der Waals surface area contributed by atoms with Crippen molar-refractivity contribution in [1.29, 1.82) is 0 Å². The second kappa shape index (κ2) is 4.81. The molecule has 7 heteroatoms. The van der Waals surface area contributed by atoms with Crippen LogP contribution < -0.4 is 0 Å². The summed E-state index contributed by atoms with van der Waals surface area (Å²) in [5.74, 6) is -0.115. The Kier molecular flexibility index (Phi) is 4.03. The SMILES string of the molecule is COS(=O)(=O)CC1CN(C(=O)OC(C)(C)C)C1. The van der Waals surface area contributed by atoms with Crippen molar-refractivity contribution in [3.8, 4) is 0 Å². The molecule has 0 bridgehead atoms. The molecule has 0 N–H and O–H groups in total. The van der Waals surface area contributed by atoms with Gasteiger partial charge in [-0.25, -0.2) is 4.79 Å². The van der Waals surface area contributed by atoms with E-state index in [1.807, 2.05) is 0 Å². The molecule has 1 heterocycles. The quantitative estimate of drug-likeness (QED) is 0.707. The Morgan fingerprint density at radius 1 is 1.35 bits per heavy atom. The van der Waals surface area contributed by atoms with Crippen molar-refractivity contribution in [2.45, 2.75) is 26.4 Å². The summed E-state index contributed by atoms with van der Waals surface area (Å²) in [7, 11) is -2.30. The van der Waals surface area contributed by atoms with Crippen LogP contribution in [0.2, 0.25) is 0 Å². The molecule has 0 aromatic rings. The summed E-state index contributed by atoms with van der Waals surface area (Å²) in [6.07, 6.45) is -0.399. The molecule has 0 atom stereocenters. The molecule has 0 unspecified atom stereocenters. The maximum atomic E-state index is 11.5. The summed E-state index contributed by atoms with van der Waals surface area (Å²) in [5.41, 5.74) is -0.527. The Labute approximate surface area is 102 Å². The highest BCUT2D eigenvalue weighted by Crippen LogP contribution is 2.21. The molecule has 17 heavy (non-hydrogen) atoms. The van der Waals surface area contributed by atoms with Gasteiger partial charge in [-0.15, -0.1) is 0 Å². The van der Waals surface area contributed by atoms with Crippen LogP contribution in [0, 0.1) is 5.92 Å². The zero-order valence-electron chi connectivity index (χ0n) is 10.6. The van der Waals surface area contributed by atoms with Gasteiger partial charge in [0, 0.05) is 19.0 Å². The summed E-state index contributed by atoms with van der Waals surface area (Å²) >= 11 is 0. The molecule has 0 aliphatic carbocycles. The summed E-state index contributed by atoms with van der Waals surface area (Å²) in [6, 6.07) is 0. The van der Waals surface area contributed by atoms with Crippen LogP contribution in [0.15, 0.2) is 0 Å². The summed E-state index contributed by atoms with van der Waals surface area (Å²) in [5, 5.41) is 0. The van der Waals surface area contributed by atoms with Gasteiger partial charge in [-0.3, -0.25) is 4.18 Å². The van der Waals surface area contributed by atoms with Gasteiger partial charge in [-0.05, 0) is 20.8 Å². The van der Waals surface area contributed by atoms with Crippen LogP contribution in [-0.2, 0) is 19.0 Å². The standard InChI is InChI=1S/C10H19NO5S/c1-10(2,3)16-9(12)11-5-8(6-11)7-17(13,14)15-4/h8H,5-7H2,1-4H3. The van der Waals surface area contributed by atoms with Crippen molar-refractivity contribution in [3.05, 3.63) is 0 Å². The molecule has 0 aromatic heterocycles. The average molecular weight is 265 g/mol. The monoisotopic (exact) mass is 265 g/mol. The van der Waals surface area contributed by atoms with E-state index in [2.05, 4.69) is 4.18 Å². The molecule has 1 rings (SSSR count). The first-order valence-corrected chi connectivity index (χ1v) is 6.97. The van der Waals surface area contributed by atoms with Gasteiger partial charge in [-0.2, -0.15) is 8.42 Å².